The fourth-order valence-electron chi connectivity index (χ4n) is 0.500. The molecule has 11 heavy (non-hydrogen) atoms. The highest BCUT2D eigenvalue weighted by molar-refractivity contribution is 5.85. The Kier molecular flexibility index (Phi) is 122. The fraction of sp³-hybridized carbons (Fsp3) is 1.00. The molecular weight excluding hydrogens is 195 g/mol. The molecule has 3 heteroatoms. The van der Waals surface area contributed by atoms with Crippen LogP contribution in [-0.2, 0) is 0 Å². The summed E-state index contributed by atoms with van der Waals surface area (Å²) in [5, 5.41) is 0. The molecule has 0 bridgehead atoms. The van der Waals surface area contributed by atoms with Gasteiger partial charge in [0, 0.05) is 0 Å². The maximum absolute atomic E-state index is 2.23. The molecular formula is C8H26Cl2Si. The molecule has 0 aromatic carbocycles. The first-order chi connectivity index (χ1) is 3.91. The van der Waals surface area contributed by atoms with E-state index in [9.17, 15) is 0 Å². The highest BCUT2D eigenvalue weighted by Gasteiger charge is 1.75. The molecule has 0 atom stereocenters. The Labute approximate surface area is 89.4 Å². The summed E-state index contributed by atoms with van der Waals surface area (Å²) in [6.07, 6.45) is 5.54. The van der Waals surface area contributed by atoms with Gasteiger partial charge in [-0.15, -0.1) is 24.8 Å². The predicted molar refractivity (Wildman–Crippen MR) is 67.0 cm³/mol. The van der Waals surface area contributed by atoms with Crippen LogP contribution in [0.25, 0.3) is 0 Å². The second-order valence-corrected chi connectivity index (χ2v) is 1.71. The van der Waals surface area contributed by atoms with E-state index in [0.29, 0.717) is 0 Å². The largest absolute Gasteiger partial charge is 0.147 e. The first-order valence-electron chi connectivity index (χ1n) is 3.91. The maximum atomic E-state index is 2.23. The van der Waals surface area contributed by atoms with E-state index in [1.165, 1.54) is 25.7 Å². The summed E-state index contributed by atoms with van der Waals surface area (Å²) in [6, 6.07) is 0. The first kappa shape index (κ1) is 29.8. The quantitative estimate of drug-likeness (QED) is 0.507. The van der Waals surface area contributed by atoms with Gasteiger partial charge in [-0.05, 0) is 11.0 Å². The Bertz CT molecular complexity index is 24.1. The zero-order chi connectivity index (χ0) is 6.83. The van der Waals surface area contributed by atoms with E-state index < -0.39 is 0 Å². The van der Waals surface area contributed by atoms with Crippen LogP contribution >= 0.6 is 24.8 Å². The van der Waals surface area contributed by atoms with Crippen molar-refractivity contribution in [2.45, 2.75) is 53.4 Å². The molecule has 0 heterocycles. The molecule has 0 saturated heterocycles. The smallest absolute Gasteiger partial charge is 0.0149 e. The molecule has 0 fully saturated rings. The van der Waals surface area contributed by atoms with Crippen LogP contribution < -0.4 is 0 Å². The van der Waals surface area contributed by atoms with E-state index in [2.05, 4.69) is 13.8 Å². The summed E-state index contributed by atoms with van der Waals surface area (Å²) < 4.78 is 0. The van der Waals surface area contributed by atoms with Gasteiger partial charge in [-0.1, -0.05) is 53.4 Å². The van der Waals surface area contributed by atoms with Gasteiger partial charge in [0.2, 0.25) is 0 Å². The van der Waals surface area contributed by atoms with E-state index in [0.717, 1.165) is 0 Å². The van der Waals surface area contributed by atoms with E-state index in [1.807, 2.05) is 13.8 Å². The zero-order valence-corrected chi connectivity index (χ0v) is 9.28. The molecule has 0 aliphatic rings. The molecule has 0 unspecified atom stereocenters. The monoisotopic (exact) mass is 220 g/mol. The number of unbranched alkanes of at least 4 members (excludes halogenated alkanes) is 3. The minimum absolute atomic E-state index is 0. The Morgan fingerprint density at radius 3 is 1.00 bits per heavy atom. The van der Waals surface area contributed by atoms with Gasteiger partial charge in [-0.2, -0.15) is 0 Å². The Morgan fingerprint density at radius 2 is 0.909 bits per heavy atom. The molecule has 0 spiro atoms. The Balaban J connectivity index is -0.0000000222. The van der Waals surface area contributed by atoms with Crippen molar-refractivity contribution in [3.05, 3.63) is 0 Å². The topological polar surface area (TPSA) is 0 Å². The summed E-state index contributed by atoms with van der Waals surface area (Å²) in [5.74, 6) is 0. The van der Waals surface area contributed by atoms with Crippen LogP contribution in [0.4, 0.5) is 0 Å². The van der Waals surface area contributed by atoms with Crippen molar-refractivity contribution in [1.29, 1.82) is 0 Å². The average Bonchev–Trinajstić information content (AvgIpc) is 1.88. The predicted octanol–water partition coefficient (Wildman–Crippen LogP) is 3.00. The number of hydrogen-bond donors (Lipinski definition) is 0. The lowest BCUT2D eigenvalue weighted by molar-refractivity contribution is 0.702. The Morgan fingerprint density at radius 1 is 0.727 bits per heavy atom. The van der Waals surface area contributed by atoms with E-state index in [4.69, 9.17) is 0 Å². The summed E-state index contributed by atoms with van der Waals surface area (Å²) in [6.45, 7) is 8.46. The van der Waals surface area contributed by atoms with Crippen LogP contribution in [0, 0.1) is 0 Å². The summed E-state index contributed by atoms with van der Waals surface area (Å²) in [4.78, 5) is 0. The van der Waals surface area contributed by atoms with Gasteiger partial charge >= 0.3 is 0 Å². The summed E-state index contributed by atoms with van der Waals surface area (Å²) >= 11 is 0. The van der Waals surface area contributed by atoms with Crippen LogP contribution in [0.15, 0.2) is 0 Å². The maximum Gasteiger partial charge on any atom is -0.0149 e. The second-order valence-electron chi connectivity index (χ2n) is 1.71. The molecule has 0 aromatic heterocycles. The third-order valence-corrected chi connectivity index (χ3v) is 0.957. The zero-order valence-electron chi connectivity index (χ0n) is 7.64. The van der Waals surface area contributed by atoms with Gasteiger partial charge in [0.1, 0.15) is 0 Å². The van der Waals surface area contributed by atoms with Crippen LogP contribution in [0.2, 0.25) is 0 Å². The number of halogens is 2. The molecule has 0 rings (SSSR count). The van der Waals surface area contributed by atoms with Crippen LogP contribution in [0.1, 0.15) is 53.4 Å². The van der Waals surface area contributed by atoms with Gasteiger partial charge in [-0.3, -0.25) is 0 Å². The van der Waals surface area contributed by atoms with Crippen molar-refractivity contribution in [1.82, 2.24) is 0 Å². The van der Waals surface area contributed by atoms with Crippen LogP contribution in [0.5, 0.6) is 0 Å². The minimum atomic E-state index is 0. The van der Waals surface area contributed by atoms with E-state index >= 15 is 0 Å². The molecule has 76 valence electrons. The molecule has 0 N–H and O–H groups in total. The highest BCUT2D eigenvalue weighted by atomic mass is 35.5. The van der Waals surface area contributed by atoms with E-state index in [1.54, 1.807) is 0 Å². The SMILES string of the molecule is CC.CCCCCC.Cl.Cl.[SiH4]. The van der Waals surface area contributed by atoms with Crippen LogP contribution in [0.3, 0.4) is 0 Å². The van der Waals surface area contributed by atoms with Crippen molar-refractivity contribution in [3.8, 4) is 0 Å². The first-order valence-corrected chi connectivity index (χ1v) is 3.91. The summed E-state index contributed by atoms with van der Waals surface area (Å²) in [5.41, 5.74) is 0. The van der Waals surface area contributed by atoms with Gasteiger partial charge in [0.05, 0.1) is 0 Å². The average molecular weight is 221 g/mol. The molecule has 0 aliphatic carbocycles. The normalized spacial score (nSPS) is 5.45. The lowest BCUT2D eigenvalue weighted by Gasteiger charge is -1.86. The molecule has 0 amide bonds. The van der Waals surface area contributed by atoms with Crippen molar-refractivity contribution in [3.63, 3.8) is 0 Å². The fourth-order valence-corrected chi connectivity index (χ4v) is 0.500. The lowest BCUT2D eigenvalue weighted by Crippen LogP contribution is -1.66. The van der Waals surface area contributed by atoms with Crippen molar-refractivity contribution < 1.29 is 0 Å². The molecule has 0 aromatic rings. The number of rotatable bonds is 3. The van der Waals surface area contributed by atoms with Gasteiger partial charge in [0.15, 0.2) is 0 Å². The van der Waals surface area contributed by atoms with Crippen LogP contribution in [-0.4, -0.2) is 11.0 Å². The second kappa shape index (κ2) is 45.0. The molecule has 0 nitrogen and oxygen atoms in total. The third-order valence-electron chi connectivity index (χ3n) is 0.957. The standard InChI is InChI=1S/C6H14.C2H6.2ClH.H4Si/c1-3-5-6-4-2;1-2;;;/h3-6H2,1-2H3;1-2H3;2*1H;1H4. The molecule has 0 aliphatic heterocycles. The number of hydrogen-bond acceptors (Lipinski definition) is 0. The Hall–Kier alpha value is 0.797. The van der Waals surface area contributed by atoms with Gasteiger partial charge < -0.3 is 0 Å². The van der Waals surface area contributed by atoms with Crippen molar-refractivity contribution >= 4 is 35.8 Å². The summed E-state index contributed by atoms with van der Waals surface area (Å²) in [7, 11) is 0. The van der Waals surface area contributed by atoms with Crippen molar-refractivity contribution in [2.24, 2.45) is 0 Å². The van der Waals surface area contributed by atoms with Crippen molar-refractivity contribution in [2.75, 3.05) is 0 Å². The van der Waals surface area contributed by atoms with Gasteiger partial charge in [-0.25, -0.2) is 0 Å². The van der Waals surface area contributed by atoms with Gasteiger partial charge in [0.25, 0.3) is 0 Å². The molecule has 0 saturated carbocycles. The lowest BCUT2D eigenvalue weighted by atomic mass is 10.2. The molecule has 0 radical (unpaired) electrons. The minimum Gasteiger partial charge on any atom is -0.147 e. The third kappa shape index (κ3) is 58.0. The highest BCUT2D eigenvalue weighted by Crippen LogP contribution is 1.95. The van der Waals surface area contributed by atoms with E-state index in [-0.39, 0.29) is 35.8 Å².